The van der Waals surface area contributed by atoms with Crippen molar-refractivity contribution in [2.24, 2.45) is 0 Å². The minimum Gasteiger partial charge on any atom is -0.496 e. The number of aromatic nitrogens is 2. The van der Waals surface area contributed by atoms with E-state index in [4.69, 9.17) is 30.8 Å². The van der Waals surface area contributed by atoms with Gasteiger partial charge in [0.05, 0.1) is 44.5 Å². The zero-order chi connectivity index (χ0) is 33.8. The van der Waals surface area contributed by atoms with Crippen LogP contribution in [0.4, 0.5) is 0 Å². The van der Waals surface area contributed by atoms with Gasteiger partial charge in [0, 0.05) is 36.5 Å². The summed E-state index contributed by atoms with van der Waals surface area (Å²) in [4.78, 5) is 37.2. The molecule has 1 aromatic carbocycles. The van der Waals surface area contributed by atoms with Crippen LogP contribution in [0.25, 0.3) is 5.57 Å². The fraction of sp³-hybridized carbons (Fsp3) is 0.389. The summed E-state index contributed by atoms with van der Waals surface area (Å²) in [6, 6.07) is 13.0. The lowest BCUT2D eigenvalue weighted by Gasteiger charge is -2.39. The molecule has 0 radical (unpaired) electrons. The second kappa shape index (κ2) is 14.4. The van der Waals surface area contributed by atoms with E-state index in [1.165, 1.54) is 7.11 Å². The van der Waals surface area contributed by atoms with Crippen molar-refractivity contribution < 1.29 is 28.9 Å². The molecule has 3 atom stereocenters. The van der Waals surface area contributed by atoms with Gasteiger partial charge in [-0.05, 0) is 49.1 Å². The zero-order valence-corrected chi connectivity index (χ0v) is 28.0. The number of pyridine rings is 2. The van der Waals surface area contributed by atoms with E-state index in [9.17, 15) is 14.7 Å². The predicted octanol–water partition coefficient (Wildman–Crippen LogP) is 4.23. The van der Waals surface area contributed by atoms with Crippen molar-refractivity contribution >= 4 is 29.1 Å². The van der Waals surface area contributed by atoms with E-state index in [1.54, 1.807) is 19.4 Å². The molecular weight excluding hydrogens is 634 g/mol. The van der Waals surface area contributed by atoms with Crippen LogP contribution in [0.3, 0.4) is 0 Å². The number of methoxy groups -OCH3 is 2. The number of likely N-dealkylation sites (tertiary alicyclic amines) is 1. The highest BCUT2D eigenvalue weighted by Crippen LogP contribution is 2.42. The van der Waals surface area contributed by atoms with E-state index in [2.05, 4.69) is 15.6 Å². The number of carbonyl (C=O) groups is 2. The molecule has 2 unspecified atom stereocenters. The van der Waals surface area contributed by atoms with E-state index in [1.807, 2.05) is 66.4 Å². The Labute approximate surface area is 285 Å². The first-order valence-electron chi connectivity index (χ1n) is 16.0. The van der Waals surface area contributed by atoms with E-state index >= 15 is 0 Å². The molecule has 3 aromatic rings. The van der Waals surface area contributed by atoms with Crippen LogP contribution >= 0.6 is 11.6 Å². The Morgan fingerprint density at radius 1 is 1.15 bits per heavy atom. The van der Waals surface area contributed by atoms with E-state index in [0.29, 0.717) is 62.2 Å². The highest BCUT2D eigenvalue weighted by Gasteiger charge is 2.45. The van der Waals surface area contributed by atoms with E-state index < -0.39 is 28.8 Å². The highest BCUT2D eigenvalue weighted by molar-refractivity contribution is 6.28. The minimum atomic E-state index is -1.29. The molecule has 3 aliphatic rings. The Kier molecular flexibility index (Phi) is 10.1. The fourth-order valence-corrected chi connectivity index (χ4v) is 6.94. The quantitative estimate of drug-likeness (QED) is 0.240. The average Bonchev–Trinajstić information content (AvgIpc) is 3.54. The van der Waals surface area contributed by atoms with Crippen LogP contribution in [0.15, 0.2) is 66.9 Å². The van der Waals surface area contributed by atoms with Gasteiger partial charge in [0.1, 0.15) is 23.0 Å². The van der Waals surface area contributed by atoms with Gasteiger partial charge in [-0.1, -0.05) is 48.6 Å². The molecule has 11 nitrogen and oxygen atoms in total. The van der Waals surface area contributed by atoms with Crippen molar-refractivity contribution in [2.75, 3.05) is 34.0 Å². The lowest BCUT2D eigenvalue weighted by Crippen LogP contribution is -2.52. The van der Waals surface area contributed by atoms with Gasteiger partial charge in [-0.2, -0.15) is 0 Å². The van der Waals surface area contributed by atoms with Crippen molar-refractivity contribution in [3.8, 4) is 11.6 Å². The Hall–Kier alpha value is -4.29. The third kappa shape index (κ3) is 6.68. The van der Waals surface area contributed by atoms with E-state index in [0.717, 1.165) is 28.7 Å². The van der Waals surface area contributed by atoms with Gasteiger partial charge >= 0.3 is 5.97 Å². The molecule has 2 saturated heterocycles. The van der Waals surface area contributed by atoms with Crippen LogP contribution in [0, 0.1) is 6.92 Å². The monoisotopic (exact) mass is 673 g/mol. The average molecular weight is 674 g/mol. The number of halogens is 1. The van der Waals surface area contributed by atoms with Crippen LogP contribution in [0.5, 0.6) is 11.6 Å². The van der Waals surface area contributed by atoms with Crippen molar-refractivity contribution in [1.29, 1.82) is 0 Å². The smallest absolute Gasteiger partial charge is 0.320 e. The molecular formula is C36H40ClN5O6. The van der Waals surface area contributed by atoms with Crippen molar-refractivity contribution in [3.05, 3.63) is 101 Å². The largest absolute Gasteiger partial charge is 0.496 e. The third-order valence-electron chi connectivity index (χ3n) is 9.28. The number of carbonyl (C=O) groups excluding carboxylic acids is 1. The van der Waals surface area contributed by atoms with Crippen molar-refractivity contribution in [1.82, 2.24) is 25.5 Å². The van der Waals surface area contributed by atoms with Crippen LogP contribution in [0.1, 0.15) is 51.3 Å². The Morgan fingerprint density at radius 2 is 1.96 bits per heavy atom. The van der Waals surface area contributed by atoms with Crippen molar-refractivity contribution in [2.45, 2.75) is 55.9 Å². The number of aliphatic carboxylic acids is 1. The summed E-state index contributed by atoms with van der Waals surface area (Å²) >= 11 is 7.42. The Morgan fingerprint density at radius 3 is 2.67 bits per heavy atom. The molecule has 12 heteroatoms. The molecule has 0 spiro atoms. The first-order valence-corrected chi connectivity index (χ1v) is 16.4. The second-order valence-electron chi connectivity index (χ2n) is 12.3. The summed E-state index contributed by atoms with van der Waals surface area (Å²) in [7, 11) is 3.09. The minimum absolute atomic E-state index is 0.117. The normalized spacial score (nSPS) is 22.5. The van der Waals surface area contributed by atoms with Gasteiger partial charge in [-0.3, -0.25) is 19.5 Å². The zero-order valence-electron chi connectivity index (χ0n) is 27.2. The number of hydrogen-bond donors (Lipinski definition) is 3. The molecule has 1 aliphatic carbocycles. The number of rotatable bonds is 12. The molecule has 1 amide bonds. The molecule has 6 rings (SSSR count). The number of ether oxygens (including phenoxy) is 3. The van der Waals surface area contributed by atoms with Crippen molar-refractivity contribution in [3.63, 3.8) is 0 Å². The lowest BCUT2D eigenvalue weighted by atomic mass is 9.79. The lowest BCUT2D eigenvalue weighted by molar-refractivity contribution is -0.142. The molecule has 252 valence electrons. The Balaban J connectivity index is 1.34. The topological polar surface area (TPSA) is 135 Å². The van der Waals surface area contributed by atoms with Crippen LogP contribution in [0.2, 0.25) is 0 Å². The number of carboxylic acids is 1. The first-order chi connectivity index (χ1) is 23.2. The number of nitrogens with one attached hydrogen (secondary N) is 2. The summed E-state index contributed by atoms with van der Waals surface area (Å²) in [5.74, 6) is -0.472. The number of benzene rings is 1. The maximum absolute atomic E-state index is 14.1. The molecule has 2 fully saturated rings. The first kappa shape index (κ1) is 33.6. The summed E-state index contributed by atoms with van der Waals surface area (Å²) in [5, 5.41) is 15.5. The number of carboxylic acid groups (broad SMARTS) is 1. The molecule has 0 saturated carbocycles. The van der Waals surface area contributed by atoms with Gasteiger partial charge in [0.25, 0.3) is 5.91 Å². The van der Waals surface area contributed by atoms with Crippen LogP contribution in [-0.2, 0) is 28.2 Å². The van der Waals surface area contributed by atoms with Crippen LogP contribution < -0.4 is 20.1 Å². The predicted molar refractivity (Wildman–Crippen MR) is 181 cm³/mol. The maximum atomic E-state index is 14.1. The molecule has 3 N–H and O–H groups in total. The second-order valence-corrected chi connectivity index (χ2v) is 12.7. The molecule has 0 bridgehead atoms. The van der Waals surface area contributed by atoms with Crippen LogP contribution in [-0.4, -0.2) is 83.3 Å². The number of alkyl halides is 1. The number of nitrogens with zero attached hydrogens (tertiary/aromatic N) is 3. The molecule has 48 heavy (non-hydrogen) atoms. The summed E-state index contributed by atoms with van der Waals surface area (Å²) in [6.45, 7) is 4.89. The summed E-state index contributed by atoms with van der Waals surface area (Å²) in [6.07, 6.45) is 8.65. The summed E-state index contributed by atoms with van der Waals surface area (Å²) in [5.41, 5.74) is 3.71. The standard InChI is InChI=1S/C36H40ClN5O6/c1-22-8-4-5-9-26(22)27-10-6-14-36(32(27)37,31-13-12-23(34(40-31)47-3)17-38-25-20-48-21-25)41-33(43)28-16-30(46-2)24(18-39-28)19-42-15-7-11-29(42)35(44)45/h4-6,8-10,12-14,16,18,25,29,32,38H,7,11,15,17,19-21H2,1-3H3,(H,41,43)(H,44,45)/t29-,32?,36?/m0/s1. The number of amides is 1. The summed E-state index contributed by atoms with van der Waals surface area (Å²) < 4.78 is 16.7. The number of allylic oxidation sites excluding steroid dienone is 2. The SMILES string of the molecule is COc1cc(C(=O)NC2(c3ccc(CNC4COC4)c(OC)n3)C=CC=C(c3ccccc3C)C2Cl)ncc1CN1CCC[C@H]1C(=O)O. The third-order valence-corrected chi connectivity index (χ3v) is 9.86. The number of aryl methyl sites for hydroxylation is 1. The molecule has 2 aliphatic heterocycles. The van der Waals surface area contributed by atoms with Gasteiger partial charge in [0.15, 0.2) is 0 Å². The van der Waals surface area contributed by atoms with Gasteiger partial charge in [-0.25, -0.2) is 4.98 Å². The maximum Gasteiger partial charge on any atom is 0.320 e. The van der Waals surface area contributed by atoms with Gasteiger partial charge in [-0.15, -0.1) is 11.6 Å². The highest BCUT2D eigenvalue weighted by atomic mass is 35.5. The fourth-order valence-electron chi connectivity index (χ4n) is 6.51. The van der Waals surface area contributed by atoms with Gasteiger partial charge < -0.3 is 30.0 Å². The number of hydrogen-bond acceptors (Lipinski definition) is 9. The molecule has 2 aromatic heterocycles. The van der Waals surface area contributed by atoms with Gasteiger partial charge in [0.2, 0.25) is 5.88 Å². The Bertz CT molecular complexity index is 1740. The van der Waals surface area contributed by atoms with E-state index in [-0.39, 0.29) is 11.7 Å². The molecule has 4 heterocycles.